The van der Waals surface area contributed by atoms with Crippen LogP contribution in [0.15, 0.2) is 54.6 Å². The van der Waals surface area contributed by atoms with Crippen molar-refractivity contribution < 1.29 is 14.3 Å². The second-order valence-corrected chi connectivity index (χ2v) is 6.50. The van der Waals surface area contributed by atoms with Gasteiger partial charge in [0.25, 0.3) is 5.91 Å². The average Bonchev–Trinajstić information content (AvgIpc) is 3.46. The Kier molecular flexibility index (Phi) is 4.54. The molecule has 27 heavy (non-hydrogen) atoms. The van der Waals surface area contributed by atoms with Crippen molar-refractivity contribution in [2.45, 2.75) is 18.8 Å². The fourth-order valence-electron chi connectivity index (χ4n) is 3.01. The van der Waals surface area contributed by atoms with Crippen LogP contribution < -0.4 is 14.8 Å². The monoisotopic (exact) mass is 363 g/mol. The normalized spacial score (nSPS) is 13.3. The SMILES string of the molecule is COc1ccc(NC(=O)c2cc(C3CC3)nn2-c2ccccc2)cc1OC. The number of benzene rings is 2. The molecule has 6 nitrogen and oxygen atoms in total. The van der Waals surface area contributed by atoms with Crippen LogP contribution in [-0.2, 0) is 0 Å². The molecule has 1 aromatic heterocycles. The number of hydrogen-bond acceptors (Lipinski definition) is 4. The molecule has 0 bridgehead atoms. The standard InChI is InChI=1S/C21H21N3O3/c1-26-19-11-10-15(12-20(19)27-2)22-21(25)18-13-17(14-8-9-14)23-24(18)16-6-4-3-5-7-16/h3-7,10-14H,8-9H2,1-2H3,(H,22,25). The van der Waals surface area contributed by atoms with Gasteiger partial charge in [-0.15, -0.1) is 0 Å². The number of hydrogen-bond donors (Lipinski definition) is 1. The first kappa shape index (κ1) is 17.1. The van der Waals surface area contributed by atoms with Crippen molar-refractivity contribution >= 4 is 11.6 Å². The van der Waals surface area contributed by atoms with Crippen molar-refractivity contribution in [1.82, 2.24) is 9.78 Å². The number of nitrogens with one attached hydrogen (secondary N) is 1. The number of carbonyl (C=O) groups excluding carboxylic acids is 1. The Morgan fingerprint density at radius 1 is 1.04 bits per heavy atom. The summed E-state index contributed by atoms with van der Waals surface area (Å²) in [5.74, 6) is 1.42. The van der Waals surface area contributed by atoms with E-state index in [0.717, 1.165) is 24.2 Å². The molecular formula is C21H21N3O3. The van der Waals surface area contributed by atoms with Crippen molar-refractivity contribution in [1.29, 1.82) is 0 Å². The predicted molar refractivity (Wildman–Crippen MR) is 103 cm³/mol. The van der Waals surface area contributed by atoms with Crippen molar-refractivity contribution in [3.05, 3.63) is 66.0 Å². The molecule has 0 unspecified atom stereocenters. The third-order valence-electron chi connectivity index (χ3n) is 4.60. The highest BCUT2D eigenvalue weighted by Gasteiger charge is 2.29. The van der Waals surface area contributed by atoms with E-state index in [-0.39, 0.29) is 5.91 Å². The zero-order valence-corrected chi connectivity index (χ0v) is 15.3. The fourth-order valence-corrected chi connectivity index (χ4v) is 3.01. The van der Waals surface area contributed by atoms with Crippen LogP contribution >= 0.6 is 0 Å². The molecule has 0 spiro atoms. The first-order valence-electron chi connectivity index (χ1n) is 8.88. The van der Waals surface area contributed by atoms with Crippen LogP contribution in [0, 0.1) is 0 Å². The summed E-state index contributed by atoms with van der Waals surface area (Å²) in [5, 5.41) is 7.61. The number of rotatable bonds is 6. The largest absolute Gasteiger partial charge is 0.493 e. The number of methoxy groups -OCH3 is 2. The van der Waals surface area contributed by atoms with Crippen LogP contribution in [0.2, 0.25) is 0 Å². The lowest BCUT2D eigenvalue weighted by Gasteiger charge is -2.11. The van der Waals surface area contributed by atoms with Gasteiger partial charge in [0.2, 0.25) is 0 Å². The maximum Gasteiger partial charge on any atom is 0.274 e. The average molecular weight is 363 g/mol. The van der Waals surface area contributed by atoms with Gasteiger partial charge >= 0.3 is 0 Å². The molecule has 0 atom stereocenters. The number of ether oxygens (including phenoxy) is 2. The molecule has 1 heterocycles. The van der Waals surface area contributed by atoms with E-state index < -0.39 is 0 Å². The third kappa shape index (κ3) is 3.51. The summed E-state index contributed by atoms with van der Waals surface area (Å²) >= 11 is 0. The number of anilines is 1. The summed E-state index contributed by atoms with van der Waals surface area (Å²) in [5.41, 5.74) is 2.97. The smallest absolute Gasteiger partial charge is 0.274 e. The van der Waals surface area contributed by atoms with Gasteiger partial charge in [0.05, 0.1) is 25.6 Å². The van der Waals surface area contributed by atoms with E-state index in [2.05, 4.69) is 10.4 Å². The summed E-state index contributed by atoms with van der Waals surface area (Å²) in [6.45, 7) is 0. The number of carbonyl (C=O) groups is 1. The van der Waals surface area contributed by atoms with E-state index in [0.29, 0.717) is 28.8 Å². The predicted octanol–water partition coefficient (Wildman–Crippen LogP) is 4.02. The number of amides is 1. The molecular weight excluding hydrogens is 342 g/mol. The van der Waals surface area contributed by atoms with Crippen molar-refractivity contribution in [2.24, 2.45) is 0 Å². The second kappa shape index (κ2) is 7.15. The lowest BCUT2D eigenvalue weighted by Crippen LogP contribution is -2.17. The van der Waals surface area contributed by atoms with Gasteiger partial charge in [0, 0.05) is 17.7 Å². The molecule has 4 rings (SSSR count). The van der Waals surface area contributed by atoms with Gasteiger partial charge in [-0.05, 0) is 43.2 Å². The maximum atomic E-state index is 13.0. The minimum absolute atomic E-state index is 0.217. The zero-order chi connectivity index (χ0) is 18.8. The van der Waals surface area contributed by atoms with E-state index in [4.69, 9.17) is 9.47 Å². The summed E-state index contributed by atoms with van der Waals surface area (Å²) < 4.78 is 12.3. The molecule has 0 aliphatic heterocycles. The summed E-state index contributed by atoms with van der Waals surface area (Å²) in [7, 11) is 3.14. The maximum absolute atomic E-state index is 13.0. The summed E-state index contributed by atoms with van der Waals surface area (Å²) in [6, 6.07) is 16.9. The molecule has 0 radical (unpaired) electrons. The molecule has 0 saturated heterocycles. The molecule has 1 saturated carbocycles. The Labute approximate surface area is 157 Å². The van der Waals surface area contributed by atoms with Crippen LogP contribution in [-0.4, -0.2) is 29.9 Å². The molecule has 3 aromatic rings. The van der Waals surface area contributed by atoms with Crippen LogP contribution in [0.5, 0.6) is 11.5 Å². The number of para-hydroxylation sites is 1. The fraction of sp³-hybridized carbons (Fsp3) is 0.238. The highest BCUT2D eigenvalue weighted by atomic mass is 16.5. The van der Waals surface area contributed by atoms with Gasteiger partial charge in [-0.1, -0.05) is 18.2 Å². The zero-order valence-electron chi connectivity index (χ0n) is 15.3. The van der Waals surface area contributed by atoms with E-state index in [1.54, 1.807) is 37.1 Å². The molecule has 1 aliphatic rings. The topological polar surface area (TPSA) is 65.4 Å². The van der Waals surface area contributed by atoms with Crippen LogP contribution in [0.3, 0.4) is 0 Å². The Balaban J connectivity index is 1.65. The van der Waals surface area contributed by atoms with Crippen molar-refractivity contribution in [3.63, 3.8) is 0 Å². The number of nitrogens with zero attached hydrogens (tertiary/aromatic N) is 2. The second-order valence-electron chi connectivity index (χ2n) is 6.50. The lowest BCUT2D eigenvalue weighted by atomic mass is 10.2. The molecule has 1 N–H and O–H groups in total. The Morgan fingerprint density at radius 3 is 2.44 bits per heavy atom. The van der Waals surface area contributed by atoms with E-state index in [1.807, 2.05) is 36.4 Å². The highest BCUT2D eigenvalue weighted by molar-refractivity contribution is 6.03. The molecule has 1 aliphatic carbocycles. The van der Waals surface area contributed by atoms with Gasteiger partial charge in [0.15, 0.2) is 11.5 Å². The van der Waals surface area contributed by atoms with E-state index in [1.165, 1.54) is 0 Å². The first-order valence-corrected chi connectivity index (χ1v) is 8.88. The quantitative estimate of drug-likeness (QED) is 0.718. The van der Waals surface area contributed by atoms with Crippen LogP contribution in [0.1, 0.15) is 34.9 Å². The van der Waals surface area contributed by atoms with Gasteiger partial charge in [-0.25, -0.2) is 4.68 Å². The minimum Gasteiger partial charge on any atom is -0.493 e. The van der Waals surface area contributed by atoms with Gasteiger partial charge < -0.3 is 14.8 Å². The first-order chi connectivity index (χ1) is 13.2. The molecule has 2 aromatic carbocycles. The minimum atomic E-state index is -0.217. The summed E-state index contributed by atoms with van der Waals surface area (Å²) in [6.07, 6.45) is 2.26. The molecule has 6 heteroatoms. The Hall–Kier alpha value is -3.28. The molecule has 1 amide bonds. The molecule has 1 fully saturated rings. The number of aromatic nitrogens is 2. The van der Waals surface area contributed by atoms with Gasteiger partial charge in [0.1, 0.15) is 5.69 Å². The lowest BCUT2D eigenvalue weighted by molar-refractivity contribution is 0.101. The molecule has 138 valence electrons. The van der Waals surface area contributed by atoms with Gasteiger partial charge in [-0.3, -0.25) is 4.79 Å². The van der Waals surface area contributed by atoms with Crippen molar-refractivity contribution in [3.8, 4) is 17.2 Å². The highest BCUT2D eigenvalue weighted by Crippen LogP contribution is 2.40. The van der Waals surface area contributed by atoms with Crippen molar-refractivity contribution in [2.75, 3.05) is 19.5 Å². The summed E-state index contributed by atoms with van der Waals surface area (Å²) in [4.78, 5) is 13.0. The van der Waals surface area contributed by atoms with E-state index in [9.17, 15) is 4.79 Å². The van der Waals surface area contributed by atoms with E-state index >= 15 is 0 Å². The Morgan fingerprint density at radius 2 is 1.78 bits per heavy atom. The Bertz CT molecular complexity index is 962. The van der Waals surface area contributed by atoms with Crippen LogP contribution in [0.4, 0.5) is 5.69 Å². The van der Waals surface area contributed by atoms with Crippen LogP contribution in [0.25, 0.3) is 5.69 Å². The third-order valence-corrected chi connectivity index (χ3v) is 4.60. The van der Waals surface area contributed by atoms with Gasteiger partial charge in [-0.2, -0.15) is 5.10 Å².